The third-order valence-electron chi connectivity index (χ3n) is 3.86. The quantitative estimate of drug-likeness (QED) is 0.164. The molecule has 0 aromatic carbocycles. The van der Waals surface area contributed by atoms with Crippen LogP contribution in [-0.2, 0) is 8.98 Å². The van der Waals surface area contributed by atoms with Crippen LogP contribution in [-0.4, -0.2) is 37.5 Å². The lowest BCUT2D eigenvalue weighted by Gasteiger charge is -2.21. The zero-order valence-corrected chi connectivity index (χ0v) is 19.9. The maximum atomic E-state index is 12.0. The van der Waals surface area contributed by atoms with Gasteiger partial charge in [0.15, 0.2) is 0 Å². The van der Waals surface area contributed by atoms with Crippen LogP contribution < -0.4 is 0 Å². The summed E-state index contributed by atoms with van der Waals surface area (Å²) >= 11 is 9.45. The summed E-state index contributed by atoms with van der Waals surface area (Å²) < 4.78 is 5.20. The molecule has 0 saturated heterocycles. The van der Waals surface area contributed by atoms with Gasteiger partial charge < -0.3 is 9.29 Å². The van der Waals surface area contributed by atoms with Gasteiger partial charge in [0.1, 0.15) is 8.28 Å². The third-order valence-corrected chi connectivity index (χ3v) is 7.25. The van der Waals surface area contributed by atoms with Crippen molar-refractivity contribution in [3.8, 4) is 0 Å². The lowest BCUT2D eigenvalue weighted by molar-refractivity contribution is -0.134. The number of thiocarbonyl (C=S) groups is 1. The van der Waals surface area contributed by atoms with E-state index in [4.69, 9.17) is 21.5 Å². The summed E-state index contributed by atoms with van der Waals surface area (Å²) in [7, 11) is 0. The Morgan fingerprint density at radius 1 is 0.962 bits per heavy atom. The van der Waals surface area contributed by atoms with E-state index < -0.39 is 4.75 Å². The normalized spacial score (nSPS) is 11.5. The maximum Gasteiger partial charge on any atom is 0.334 e. The molecule has 0 amide bonds. The van der Waals surface area contributed by atoms with Crippen LogP contribution in [0.15, 0.2) is 0 Å². The van der Waals surface area contributed by atoms with E-state index in [0.717, 1.165) is 21.3 Å². The Morgan fingerprint density at radius 3 is 2.04 bits per heavy atom. The van der Waals surface area contributed by atoms with Gasteiger partial charge in [-0.15, -0.1) is 11.8 Å². The first-order valence-corrected chi connectivity index (χ1v) is 12.9. The minimum atomic E-state index is -0.690. The Bertz CT molecular complexity index is 376. The van der Waals surface area contributed by atoms with Gasteiger partial charge in [-0.3, -0.25) is 0 Å². The van der Waals surface area contributed by atoms with Crippen LogP contribution in [0.5, 0.6) is 0 Å². The Balaban J connectivity index is 3.62. The lowest BCUT2D eigenvalue weighted by Crippen LogP contribution is -2.29. The Morgan fingerprint density at radius 2 is 1.50 bits per heavy atom. The van der Waals surface area contributed by atoms with Gasteiger partial charge in [-0.1, -0.05) is 88.7 Å². The van der Waals surface area contributed by atoms with Crippen molar-refractivity contribution in [3.63, 3.8) is 0 Å². The third kappa shape index (κ3) is 15.6. The number of aliphatic hydroxyl groups excluding tert-OH is 1. The highest BCUT2D eigenvalue weighted by Gasteiger charge is 2.32. The smallest absolute Gasteiger partial charge is 0.334 e. The molecule has 7 heteroatoms. The van der Waals surface area contributed by atoms with Crippen LogP contribution in [0.1, 0.15) is 85.0 Å². The molecule has 0 aliphatic heterocycles. The molecule has 0 rings (SSSR count). The van der Waals surface area contributed by atoms with Gasteiger partial charge in [0.2, 0.25) is 0 Å². The first-order valence-electron chi connectivity index (χ1n) is 9.74. The van der Waals surface area contributed by atoms with Gasteiger partial charge in [-0.25, -0.2) is 4.79 Å². The molecule has 0 heterocycles. The summed E-state index contributed by atoms with van der Waals surface area (Å²) in [6.45, 7) is 5.91. The van der Waals surface area contributed by atoms with Crippen LogP contribution in [0.4, 0.5) is 0 Å². The molecule has 0 saturated carbocycles. The van der Waals surface area contributed by atoms with Crippen LogP contribution in [0.3, 0.4) is 0 Å². The fourth-order valence-electron chi connectivity index (χ4n) is 2.26. The number of carbonyl (C=O) groups is 1. The predicted molar refractivity (Wildman–Crippen MR) is 124 cm³/mol. The fourth-order valence-corrected chi connectivity index (χ4v) is 5.83. The SMILES string of the molecule is CCCCCCCCCCCCSC(=S)SC(C)(C)C(=O)OSCCO. The fraction of sp³-hybridized carbons (Fsp3) is 0.895. The second-order valence-electron chi connectivity index (χ2n) is 6.81. The predicted octanol–water partition coefficient (Wildman–Crippen LogP) is 6.62. The number of unbranched alkanes of at least 4 members (excludes halogenated alkanes) is 9. The number of thioether (sulfide) groups is 2. The van der Waals surface area contributed by atoms with E-state index in [2.05, 4.69) is 6.92 Å². The molecule has 0 atom stereocenters. The molecule has 0 radical (unpaired) electrons. The van der Waals surface area contributed by atoms with Gasteiger partial charge in [-0.05, 0) is 26.0 Å². The molecular formula is C19H36O3S4. The van der Waals surface area contributed by atoms with E-state index in [1.54, 1.807) is 11.8 Å². The standard InChI is InChI=1S/C19H36O3S4/c1-4-5-6-7-8-9-10-11-12-13-15-24-18(23)26-19(2,3)17(21)22-25-16-14-20/h20H,4-16H2,1-3H3. The summed E-state index contributed by atoms with van der Waals surface area (Å²) in [5.41, 5.74) is 0. The van der Waals surface area contributed by atoms with Gasteiger partial charge in [0.25, 0.3) is 0 Å². The highest BCUT2D eigenvalue weighted by Crippen LogP contribution is 2.33. The van der Waals surface area contributed by atoms with Crippen molar-refractivity contribution >= 4 is 57.3 Å². The number of hydrogen-bond acceptors (Lipinski definition) is 7. The van der Waals surface area contributed by atoms with Gasteiger partial charge in [0, 0.05) is 0 Å². The Hall–Kier alpha value is 0.570. The molecule has 26 heavy (non-hydrogen) atoms. The van der Waals surface area contributed by atoms with Gasteiger partial charge in [-0.2, -0.15) is 0 Å². The zero-order chi connectivity index (χ0) is 19.7. The van der Waals surface area contributed by atoms with Crippen LogP contribution in [0.25, 0.3) is 0 Å². The second-order valence-corrected chi connectivity index (χ2v) is 11.5. The highest BCUT2D eigenvalue weighted by atomic mass is 32.2. The molecular weight excluding hydrogens is 404 g/mol. The molecule has 154 valence electrons. The van der Waals surface area contributed by atoms with E-state index >= 15 is 0 Å². The molecule has 3 nitrogen and oxygen atoms in total. The van der Waals surface area contributed by atoms with Gasteiger partial charge in [0.05, 0.1) is 24.4 Å². The summed E-state index contributed by atoms with van der Waals surface area (Å²) in [5.74, 6) is 1.11. The summed E-state index contributed by atoms with van der Waals surface area (Å²) in [6.07, 6.45) is 13.3. The van der Waals surface area contributed by atoms with E-state index in [1.165, 1.54) is 76.0 Å². The van der Waals surface area contributed by atoms with Crippen LogP contribution >= 0.6 is 47.8 Å². The molecule has 1 N–H and O–H groups in total. The first kappa shape index (κ1) is 26.6. The lowest BCUT2D eigenvalue weighted by atomic mass is 10.1. The molecule has 0 bridgehead atoms. The summed E-state index contributed by atoms with van der Waals surface area (Å²) in [6, 6.07) is 0. The number of rotatable bonds is 16. The first-order chi connectivity index (χ1) is 12.4. The van der Waals surface area contributed by atoms with Crippen molar-refractivity contribution in [2.24, 2.45) is 0 Å². The van der Waals surface area contributed by atoms with E-state index in [1.807, 2.05) is 13.8 Å². The Labute approximate surface area is 178 Å². The monoisotopic (exact) mass is 440 g/mol. The average Bonchev–Trinajstić information content (AvgIpc) is 2.59. The average molecular weight is 441 g/mol. The van der Waals surface area contributed by atoms with Crippen molar-refractivity contribution in [2.45, 2.75) is 89.7 Å². The molecule has 0 unspecified atom stereocenters. The van der Waals surface area contributed by atoms with E-state index in [0.29, 0.717) is 5.75 Å². The molecule has 0 aromatic heterocycles. The van der Waals surface area contributed by atoms with Crippen molar-refractivity contribution in [1.29, 1.82) is 0 Å². The van der Waals surface area contributed by atoms with E-state index in [9.17, 15) is 4.79 Å². The summed E-state index contributed by atoms with van der Waals surface area (Å²) in [5, 5.41) is 8.72. The molecule has 0 fully saturated rings. The molecule has 0 aliphatic carbocycles. The highest BCUT2D eigenvalue weighted by molar-refractivity contribution is 8.47. The Kier molecular flexibility index (Phi) is 18.0. The minimum absolute atomic E-state index is 0.00135. The largest absolute Gasteiger partial charge is 0.395 e. The number of carbonyl (C=O) groups excluding carboxylic acids is 1. The minimum Gasteiger partial charge on any atom is -0.395 e. The number of aliphatic hydroxyl groups is 1. The zero-order valence-electron chi connectivity index (χ0n) is 16.6. The molecule has 0 aromatic rings. The molecule has 0 aliphatic rings. The van der Waals surface area contributed by atoms with Crippen molar-refractivity contribution in [3.05, 3.63) is 0 Å². The number of hydrogen-bond donors (Lipinski definition) is 1. The van der Waals surface area contributed by atoms with E-state index in [-0.39, 0.29) is 12.6 Å². The van der Waals surface area contributed by atoms with Gasteiger partial charge >= 0.3 is 5.97 Å². The van der Waals surface area contributed by atoms with Crippen molar-refractivity contribution in [1.82, 2.24) is 0 Å². The van der Waals surface area contributed by atoms with Crippen LogP contribution in [0.2, 0.25) is 0 Å². The second kappa shape index (κ2) is 17.7. The van der Waals surface area contributed by atoms with Crippen LogP contribution in [0, 0.1) is 0 Å². The summed E-state index contributed by atoms with van der Waals surface area (Å²) in [4.78, 5) is 12.0. The van der Waals surface area contributed by atoms with Crippen molar-refractivity contribution < 1.29 is 14.1 Å². The maximum absolute atomic E-state index is 12.0. The molecule has 0 spiro atoms. The van der Waals surface area contributed by atoms with Crippen molar-refractivity contribution in [2.75, 3.05) is 18.1 Å². The topological polar surface area (TPSA) is 46.5 Å².